The molecule has 1 aliphatic rings. The Balaban J connectivity index is 1.74. The number of fused-ring (bicyclic) bond motifs is 1. The van der Waals surface area contributed by atoms with Gasteiger partial charge in [-0.15, -0.1) is 11.8 Å². The third-order valence-corrected chi connectivity index (χ3v) is 8.19. The molecule has 1 aliphatic heterocycles. The Kier molecular flexibility index (Phi) is 5.44. The molecule has 0 aliphatic carbocycles. The Morgan fingerprint density at radius 2 is 1.74 bits per heavy atom. The standard InChI is InChI=1S/C41H40F5N3O3S/c1-27-22-30(14-15-34(27)41(44,45)46)29-12-10-28(11-13-29)24-48(32-16-18-47(19-17-32)20-21-52-2)38(51)25-49-36-9-4-3-7-33(36)37(50)23-39(49)53-26-31-6-5-8-35(42)40(31)43/h3-15,22-23,32H,16-21,24-26H2,1-2H3/i3D,4D,5D,6D,7D,8D,9D,10D,11D,12D,13D,14D,15D,16D2,17D2,18D2,19D2,20D2,22D,23D,32D. The molecule has 2 heterocycles. The Hall–Kier alpha value is -4.52. The monoisotopic (exact) mass is 775 g/mol. The molecule has 1 saturated heterocycles. The third kappa shape index (κ3) is 9.00. The van der Waals surface area contributed by atoms with Crippen molar-refractivity contribution in [3.63, 3.8) is 0 Å². The minimum absolute atomic E-state index is 0.0354. The first kappa shape index (κ1) is 17.3. The van der Waals surface area contributed by atoms with Crippen molar-refractivity contribution in [1.29, 1.82) is 0 Å². The molecule has 5 aromatic rings. The number of carbonyl (C=O) groups excluding carboxylic acids is 1. The van der Waals surface area contributed by atoms with Gasteiger partial charge in [-0.3, -0.25) is 9.59 Å². The van der Waals surface area contributed by atoms with Crippen molar-refractivity contribution in [2.75, 3.05) is 33.2 Å². The zero-order valence-electron chi connectivity index (χ0n) is 53.2. The van der Waals surface area contributed by atoms with Crippen LogP contribution < -0.4 is 5.43 Å². The topological polar surface area (TPSA) is 54.8 Å². The quantitative estimate of drug-likeness (QED) is 0.0939. The number of methoxy groups -OCH3 is 1. The van der Waals surface area contributed by atoms with Crippen molar-refractivity contribution < 1.29 is 67.1 Å². The van der Waals surface area contributed by atoms with Crippen LogP contribution in [0.15, 0.2) is 100 Å². The fourth-order valence-corrected chi connectivity index (χ4v) is 5.61. The number of pyridine rings is 1. The first-order valence-corrected chi connectivity index (χ1v) is 15.9. The summed E-state index contributed by atoms with van der Waals surface area (Å²) in [5.74, 6) is -7.04. The molecule has 0 radical (unpaired) electrons. The normalized spacial score (nSPS) is 25.9. The van der Waals surface area contributed by atoms with Crippen LogP contribution in [0.5, 0.6) is 0 Å². The molecule has 1 aromatic heterocycles. The number of hydrogen-bond donors (Lipinski definition) is 0. The Morgan fingerprint density at radius 3 is 2.45 bits per heavy atom. The highest BCUT2D eigenvalue weighted by atomic mass is 32.2. The van der Waals surface area contributed by atoms with E-state index in [1.165, 1.54) is 0 Å². The minimum atomic E-state index is -5.33. The predicted molar refractivity (Wildman–Crippen MR) is 198 cm³/mol. The van der Waals surface area contributed by atoms with Crippen LogP contribution in [0, 0.1) is 18.6 Å². The second-order valence-electron chi connectivity index (χ2n) is 10.7. The van der Waals surface area contributed by atoms with Gasteiger partial charge >= 0.3 is 6.18 Å². The predicted octanol–water partition coefficient (Wildman–Crippen LogP) is 8.71. The van der Waals surface area contributed by atoms with Crippen LogP contribution in [0.3, 0.4) is 0 Å². The van der Waals surface area contributed by atoms with Gasteiger partial charge in [0.05, 0.1) is 44.6 Å². The van der Waals surface area contributed by atoms with E-state index in [9.17, 15) is 29.2 Å². The summed E-state index contributed by atoms with van der Waals surface area (Å²) in [5.41, 5.74) is -9.85. The highest BCUT2D eigenvalue weighted by molar-refractivity contribution is 7.98. The number of benzene rings is 4. The molecule has 1 fully saturated rings. The van der Waals surface area contributed by atoms with E-state index in [4.69, 9.17) is 33.5 Å². The molecule has 53 heavy (non-hydrogen) atoms. The molecule has 0 unspecified atom stereocenters. The second kappa shape index (κ2) is 16.7. The van der Waals surface area contributed by atoms with Crippen molar-refractivity contribution in [3.8, 4) is 11.1 Å². The summed E-state index contributed by atoms with van der Waals surface area (Å²) in [5, 5.41) is -2.09. The van der Waals surface area contributed by atoms with Gasteiger partial charge in [0.25, 0.3) is 0 Å². The summed E-state index contributed by atoms with van der Waals surface area (Å²) >= 11 is 0.0354. The number of aromatic nitrogens is 1. The fourth-order valence-electron chi connectivity index (χ4n) is 4.65. The summed E-state index contributed by atoms with van der Waals surface area (Å²) in [7, 11) is 0.839. The highest BCUT2D eigenvalue weighted by Crippen LogP contribution is 2.34. The Bertz CT molecular complexity index is 3380. The van der Waals surface area contributed by atoms with Gasteiger partial charge in [-0.05, 0) is 66.1 Å². The van der Waals surface area contributed by atoms with Crippen molar-refractivity contribution >= 4 is 28.6 Å². The summed E-state index contributed by atoms with van der Waals surface area (Å²) in [4.78, 5) is 28.6. The van der Waals surface area contributed by atoms with Gasteiger partial charge in [-0.1, -0.05) is 60.4 Å². The van der Waals surface area contributed by atoms with Crippen LogP contribution in [0.4, 0.5) is 22.0 Å². The smallest absolute Gasteiger partial charge is 0.383 e. The van der Waals surface area contributed by atoms with Crippen LogP contribution in [-0.4, -0.2) is 59.5 Å². The van der Waals surface area contributed by atoms with Gasteiger partial charge in [-0.2, -0.15) is 13.2 Å². The number of hydrogen-bond acceptors (Lipinski definition) is 5. The first-order valence-electron chi connectivity index (χ1n) is 27.9. The summed E-state index contributed by atoms with van der Waals surface area (Å²) < 4.78 is 306. The average Bonchev–Trinajstić information content (AvgIpc) is 3.28. The van der Waals surface area contributed by atoms with Crippen LogP contribution in [0.2, 0.25) is 0 Å². The maximum atomic E-state index is 15.6. The van der Waals surface area contributed by atoms with E-state index in [0.717, 1.165) is 7.11 Å². The number of alkyl halides is 3. The Labute approximate surface area is 345 Å². The number of halogens is 5. The lowest BCUT2D eigenvalue weighted by atomic mass is 9.98. The van der Waals surface area contributed by atoms with Crippen molar-refractivity contribution in [1.82, 2.24) is 14.4 Å². The van der Waals surface area contributed by atoms with Crippen molar-refractivity contribution in [2.45, 2.75) is 55.7 Å². The first-order chi connectivity index (χ1) is 35.8. The SMILES string of the molecule is [2H]c1c([2H])c(F)c(F)c(CSc2c([2H])c(=O)c3c([2H])c([2H])c([2H])c([2H])c3n2CC(=O)N(Cc2c([2H])c([2H])c(-c3c([2H])c([2H])c(C(F)(F)F)c(C)c3[2H])c([2H])c2[2H])C2([2H])C([2H])([2H])C([2H])([2H])N(C([2H])([2H])COC)C([2H])([2H])C2([2H])[2H])c1[2H]. The number of para-hydroxylation sites is 1. The van der Waals surface area contributed by atoms with Gasteiger partial charge in [0.2, 0.25) is 5.91 Å². The lowest BCUT2D eigenvalue weighted by Crippen LogP contribution is -2.48. The molecule has 6 nitrogen and oxygen atoms in total. The number of thioether (sulfide) groups is 1. The number of amides is 1. The number of piperidine rings is 1. The summed E-state index contributed by atoms with van der Waals surface area (Å²) in [6.45, 7) is -16.6. The molecule has 0 spiro atoms. The molecule has 1 amide bonds. The molecule has 0 saturated carbocycles. The largest absolute Gasteiger partial charge is 0.416 e. The number of likely N-dealkylation sites (tertiary alicyclic amines) is 1. The number of nitrogens with zero attached hydrogens (tertiary/aromatic N) is 3. The van der Waals surface area contributed by atoms with Gasteiger partial charge < -0.3 is 19.1 Å². The molecule has 6 rings (SSSR count). The second-order valence-corrected chi connectivity index (χ2v) is 11.6. The molecule has 0 atom stereocenters. The molecular weight excluding hydrogens is 710 g/mol. The van der Waals surface area contributed by atoms with E-state index in [1.807, 2.05) is 0 Å². The van der Waals surface area contributed by atoms with Crippen LogP contribution >= 0.6 is 11.8 Å². The minimum Gasteiger partial charge on any atom is -0.383 e. The summed E-state index contributed by atoms with van der Waals surface area (Å²) in [6, 6.07) is -24.1. The zero-order chi connectivity index (χ0) is 60.6. The highest BCUT2D eigenvalue weighted by Gasteiger charge is 2.32. The van der Waals surface area contributed by atoms with E-state index in [-0.39, 0.29) is 11.8 Å². The maximum absolute atomic E-state index is 15.6. The van der Waals surface area contributed by atoms with E-state index in [2.05, 4.69) is 0 Å². The van der Waals surface area contributed by atoms with Crippen LogP contribution in [0.1, 0.15) is 70.6 Å². The fraction of sp³-hybridized carbons (Fsp3) is 0.317. The van der Waals surface area contributed by atoms with E-state index in [0.29, 0.717) is 11.5 Å². The van der Waals surface area contributed by atoms with Gasteiger partial charge in [0.15, 0.2) is 17.1 Å². The van der Waals surface area contributed by atoms with E-state index in [1.54, 1.807) is 0 Å². The van der Waals surface area contributed by atoms with Crippen molar-refractivity contribution in [3.05, 3.63) is 135 Å². The molecular formula is C41H40F5N3O3S. The number of rotatable bonds is 12. The third-order valence-electron chi connectivity index (χ3n) is 7.16. The number of ether oxygens (including phenoxy) is 1. The van der Waals surface area contributed by atoms with E-state index < -0.39 is 243 Å². The molecule has 278 valence electrons. The average molecular weight is 776 g/mol. The zero-order valence-corrected chi connectivity index (χ0v) is 28.0. The maximum Gasteiger partial charge on any atom is 0.416 e. The Morgan fingerprint density at radius 1 is 1.02 bits per heavy atom. The molecule has 12 heteroatoms. The van der Waals surface area contributed by atoms with Crippen molar-refractivity contribution in [2.24, 2.45) is 0 Å². The molecule has 4 aromatic carbocycles. The van der Waals surface area contributed by atoms with Gasteiger partial charge in [-0.25, -0.2) is 8.78 Å². The summed E-state index contributed by atoms with van der Waals surface area (Å²) in [6.07, 6.45) is -14.4. The number of carbonyl (C=O) groups is 1. The van der Waals surface area contributed by atoms with Gasteiger partial charge in [0.1, 0.15) is 6.54 Å². The lowest BCUT2D eigenvalue weighted by molar-refractivity contribution is -0.138. The van der Waals surface area contributed by atoms with Crippen LogP contribution in [-0.2, 0) is 34.6 Å². The van der Waals surface area contributed by atoms with Gasteiger partial charge in [0, 0.05) is 75.6 Å². The van der Waals surface area contributed by atoms with Crippen LogP contribution in [0.25, 0.3) is 22.0 Å². The molecule has 0 N–H and O–H groups in total. The van der Waals surface area contributed by atoms with E-state index >= 15 is 9.18 Å². The molecule has 0 bridgehead atoms. The lowest BCUT2D eigenvalue weighted by Gasteiger charge is -2.39.